The maximum Gasteiger partial charge on any atom is 0.255 e. The highest BCUT2D eigenvalue weighted by Crippen LogP contribution is 2.31. The molecule has 1 aromatic carbocycles. The topological polar surface area (TPSA) is 196 Å². The predicted octanol–water partition coefficient (Wildman–Crippen LogP) is 4.78. The Morgan fingerprint density at radius 1 is 0.911 bits per heavy atom. The summed E-state index contributed by atoms with van der Waals surface area (Å²) < 4.78 is 0. The van der Waals surface area contributed by atoms with Crippen LogP contribution in [0.5, 0.6) is 0 Å². The Morgan fingerprint density at radius 2 is 1.64 bits per heavy atom. The van der Waals surface area contributed by atoms with Crippen LogP contribution in [0.15, 0.2) is 59.4 Å². The van der Waals surface area contributed by atoms with Gasteiger partial charge in [0.2, 0.25) is 17.7 Å². The molecule has 1 saturated carbocycles. The van der Waals surface area contributed by atoms with Gasteiger partial charge in [-0.1, -0.05) is 26.3 Å². The van der Waals surface area contributed by atoms with E-state index in [2.05, 4.69) is 25.9 Å². The van der Waals surface area contributed by atoms with Gasteiger partial charge in [0.1, 0.15) is 5.84 Å². The van der Waals surface area contributed by atoms with Crippen LogP contribution in [0.3, 0.4) is 0 Å². The van der Waals surface area contributed by atoms with Gasteiger partial charge in [-0.2, -0.15) is 0 Å². The van der Waals surface area contributed by atoms with Crippen molar-refractivity contribution in [1.29, 1.82) is 0 Å². The summed E-state index contributed by atoms with van der Waals surface area (Å²) in [4.78, 5) is 87.3. The molecule has 2 aliphatic heterocycles. The molecule has 1 fully saturated rings. The molecule has 56 heavy (non-hydrogen) atoms. The predicted molar refractivity (Wildman–Crippen MR) is 214 cm³/mol. The van der Waals surface area contributed by atoms with Gasteiger partial charge < -0.3 is 26.6 Å². The summed E-state index contributed by atoms with van der Waals surface area (Å²) in [6.07, 6.45) is 15.2. The molecular formula is C42H54N8O6. The van der Waals surface area contributed by atoms with Crippen molar-refractivity contribution in [3.8, 4) is 0 Å². The van der Waals surface area contributed by atoms with E-state index < -0.39 is 0 Å². The highest BCUT2D eigenvalue weighted by atomic mass is 16.2. The number of benzene rings is 1. The number of anilines is 1. The average Bonchev–Trinajstić information content (AvgIpc) is 3.39. The monoisotopic (exact) mass is 766 g/mol. The van der Waals surface area contributed by atoms with Crippen molar-refractivity contribution < 1.29 is 28.8 Å². The minimum atomic E-state index is -0.363. The molecule has 0 bridgehead atoms. The molecule has 5 rings (SSSR count). The van der Waals surface area contributed by atoms with E-state index in [1.165, 1.54) is 23.2 Å². The van der Waals surface area contributed by atoms with Crippen LogP contribution < -0.4 is 21.7 Å². The fourth-order valence-electron chi connectivity index (χ4n) is 7.29. The number of nitrogens with two attached hydrogens (primary N) is 1. The Balaban J connectivity index is 0.998. The number of imide groups is 1. The molecule has 0 saturated heterocycles. The van der Waals surface area contributed by atoms with E-state index in [0.29, 0.717) is 72.9 Å². The van der Waals surface area contributed by atoms with Crippen LogP contribution in [0, 0.1) is 11.8 Å². The largest absolute Gasteiger partial charge is 0.387 e. The van der Waals surface area contributed by atoms with Crippen molar-refractivity contribution in [2.45, 2.75) is 91.0 Å². The summed E-state index contributed by atoms with van der Waals surface area (Å²) in [5.41, 5.74) is 9.58. The molecule has 1 aliphatic carbocycles. The van der Waals surface area contributed by atoms with Gasteiger partial charge in [-0.3, -0.25) is 38.7 Å². The quantitative estimate of drug-likeness (QED) is 0.123. The summed E-state index contributed by atoms with van der Waals surface area (Å²) in [6, 6.07) is 6.86. The molecular weight excluding hydrogens is 713 g/mol. The van der Waals surface area contributed by atoms with Gasteiger partial charge in [-0.25, -0.2) is 4.99 Å². The fourth-order valence-corrected chi connectivity index (χ4v) is 7.29. The highest BCUT2D eigenvalue weighted by molar-refractivity contribution is 6.13. The van der Waals surface area contributed by atoms with Gasteiger partial charge >= 0.3 is 0 Å². The van der Waals surface area contributed by atoms with E-state index in [1.807, 2.05) is 24.8 Å². The van der Waals surface area contributed by atoms with Crippen LogP contribution in [0.4, 0.5) is 11.4 Å². The number of amidine groups is 1. The van der Waals surface area contributed by atoms with E-state index in [9.17, 15) is 28.8 Å². The average molecular weight is 767 g/mol. The number of nitrogens with one attached hydrogen (secondary N) is 3. The van der Waals surface area contributed by atoms with Crippen LogP contribution in [0.25, 0.3) is 6.08 Å². The molecule has 14 heteroatoms. The summed E-state index contributed by atoms with van der Waals surface area (Å²) in [5.74, 6) is -0.511. The third kappa shape index (κ3) is 11.7. The molecule has 0 radical (unpaired) electrons. The molecule has 3 aliphatic rings. The van der Waals surface area contributed by atoms with Crippen molar-refractivity contribution in [1.82, 2.24) is 25.4 Å². The first-order valence-electron chi connectivity index (χ1n) is 19.8. The highest BCUT2D eigenvalue weighted by Gasteiger charge is 2.31. The van der Waals surface area contributed by atoms with Crippen LogP contribution in [-0.4, -0.2) is 82.2 Å². The number of aliphatic imine (C=N–C) groups is 1. The lowest BCUT2D eigenvalue weighted by Gasteiger charge is -2.30. The van der Waals surface area contributed by atoms with E-state index in [-0.39, 0.29) is 60.2 Å². The van der Waals surface area contributed by atoms with Crippen LogP contribution in [0.1, 0.15) is 106 Å². The number of carbonyl (C=O) groups excluding carboxylic acids is 6. The maximum absolute atomic E-state index is 13.3. The number of fused-ring (bicyclic) bond motifs is 1. The Morgan fingerprint density at radius 3 is 2.36 bits per heavy atom. The Hall–Kier alpha value is -5.66. The summed E-state index contributed by atoms with van der Waals surface area (Å²) in [7, 11) is 0. The number of nitrogens with zero attached hydrogens (tertiary/aromatic N) is 4. The summed E-state index contributed by atoms with van der Waals surface area (Å²) in [5, 5.41) is 8.79. The van der Waals surface area contributed by atoms with Gasteiger partial charge in [0, 0.05) is 86.5 Å². The van der Waals surface area contributed by atoms with Crippen LogP contribution in [-0.2, 0) is 30.5 Å². The first-order chi connectivity index (χ1) is 27.0. The lowest BCUT2D eigenvalue weighted by molar-refractivity contribution is -0.138. The lowest BCUT2D eigenvalue weighted by Crippen LogP contribution is -2.38. The normalized spacial score (nSPS) is 17.7. The zero-order valence-corrected chi connectivity index (χ0v) is 32.5. The maximum atomic E-state index is 13.3. The molecule has 0 unspecified atom stereocenters. The number of aromatic nitrogens is 1. The lowest BCUT2D eigenvalue weighted by atomic mass is 9.81. The minimum absolute atomic E-state index is 0.0439. The Kier molecular flexibility index (Phi) is 15.1. The van der Waals surface area contributed by atoms with E-state index >= 15 is 0 Å². The van der Waals surface area contributed by atoms with Gasteiger partial charge in [-0.15, -0.1) is 0 Å². The summed E-state index contributed by atoms with van der Waals surface area (Å²) in [6.45, 7) is 6.64. The van der Waals surface area contributed by atoms with E-state index in [1.54, 1.807) is 30.5 Å². The third-order valence-electron chi connectivity index (χ3n) is 10.3. The van der Waals surface area contributed by atoms with Crippen molar-refractivity contribution in [2.75, 3.05) is 31.5 Å². The molecule has 2 aromatic rings. The van der Waals surface area contributed by atoms with E-state index in [0.717, 1.165) is 56.9 Å². The Labute approximate surface area is 328 Å². The zero-order chi connectivity index (χ0) is 40.0. The zero-order valence-electron chi connectivity index (χ0n) is 32.5. The van der Waals surface area contributed by atoms with Crippen molar-refractivity contribution >= 4 is 58.7 Å². The van der Waals surface area contributed by atoms with Crippen molar-refractivity contribution in [2.24, 2.45) is 22.6 Å². The number of hydrogen-bond donors (Lipinski definition) is 4. The molecule has 1 aromatic heterocycles. The summed E-state index contributed by atoms with van der Waals surface area (Å²) >= 11 is 0. The molecule has 5 N–H and O–H groups in total. The van der Waals surface area contributed by atoms with E-state index in [4.69, 9.17) is 5.73 Å². The van der Waals surface area contributed by atoms with Gasteiger partial charge in [0.15, 0.2) is 0 Å². The number of unbranched alkanes of at least 4 members (excludes halogenated alkanes) is 2. The first-order valence-corrected chi connectivity index (χ1v) is 19.8. The number of amides is 6. The Bertz CT molecular complexity index is 1860. The second-order valence-corrected chi connectivity index (χ2v) is 14.8. The SMILES string of the molecule is CCCN(CCC)C(=O)C1=Cc2ccc(C(=O)Nc3cncc(CNC(=O)CCCCCNC(=O)C4CCC(CN5C(=O)C=CC5=O)CC4)c3)cc2N=C(N)C1. The second-order valence-electron chi connectivity index (χ2n) is 14.8. The van der Waals surface area contributed by atoms with Crippen molar-refractivity contribution in [3.05, 3.63) is 71.1 Å². The third-order valence-corrected chi connectivity index (χ3v) is 10.3. The number of rotatable bonds is 18. The molecule has 6 amide bonds. The first kappa shape index (κ1) is 41.5. The molecule has 14 nitrogen and oxygen atoms in total. The number of hydrogen-bond acceptors (Lipinski definition) is 9. The van der Waals surface area contributed by atoms with Gasteiger partial charge in [0.05, 0.1) is 17.6 Å². The number of carbonyl (C=O) groups is 6. The van der Waals surface area contributed by atoms with Crippen LogP contribution >= 0.6 is 0 Å². The molecule has 0 spiro atoms. The second kappa shape index (κ2) is 20.3. The smallest absolute Gasteiger partial charge is 0.255 e. The minimum Gasteiger partial charge on any atom is -0.387 e. The fraction of sp³-hybridized carbons (Fsp3) is 0.476. The van der Waals surface area contributed by atoms with Crippen molar-refractivity contribution in [3.63, 3.8) is 0 Å². The molecule has 298 valence electrons. The van der Waals surface area contributed by atoms with Crippen LogP contribution in [0.2, 0.25) is 0 Å². The van der Waals surface area contributed by atoms with Gasteiger partial charge in [0.25, 0.3) is 17.7 Å². The molecule has 0 atom stereocenters. The molecule has 3 heterocycles. The standard InChI is InChI=1S/C42H54N8O6/c1-3-18-49(19-4-2)42(56)33-21-31-13-14-32(22-35(31)48-36(43)23-33)41(55)47-34-20-29(24-44-26-34)25-46-37(51)8-6-5-7-17-45-40(54)30-11-9-28(10-12-30)27-50-38(52)15-16-39(50)53/h13-16,20-22,24,26,28,30H,3-12,17-19,23,25,27H2,1-2H3,(H2,43,48)(H,45,54)(H,46,51)(H,47,55). The van der Waals surface area contributed by atoms with Gasteiger partial charge in [-0.05, 0) is 87.1 Å². The number of pyridine rings is 1.